The second-order valence-corrected chi connectivity index (χ2v) is 5.92. The maximum Gasteiger partial charge on any atom is 0.204 e. The van der Waals surface area contributed by atoms with Crippen LogP contribution in [0.2, 0.25) is 4.34 Å². The Hall–Kier alpha value is -1.38. The molecule has 0 N–H and O–H groups in total. The van der Waals surface area contributed by atoms with E-state index in [0.717, 1.165) is 21.6 Å². The van der Waals surface area contributed by atoms with Crippen molar-refractivity contribution < 1.29 is 0 Å². The Bertz CT molecular complexity index is 694. The first kappa shape index (κ1) is 12.6. The highest BCUT2D eigenvalue weighted by Crippen LogP contribution is 2.19. The topological polar surface area (TPSA) is 69.4 Å². The summed E-state index contributed by atoms with van der Waals surface area (Å²) in [4.78, 5) is 1.44. The van der Waals surface area contributed by atoms with Crippen molar-refractivity contribution in [3.8, 4) is 11.4 Å². The molecule has 3 aromatic rings. The standard InChI is InChI=1S/C10H6BrClN6S/c11-7-3-1-6(2-4-7)10-14-16-18(15-10)5-8-9(12)19-17-13-8/h1-4H,5H2. The van der Waals surface area contributed by atoms with E-state index in [4.69, 9.17) is 11.6 Å². The minimum absolute atomic E-state index is 0.360. The first-order valence-electron chi connectivity index (χ1n) is 5.23. The summed E-state index contributed by atoms with van der Waals surface area (Å²) in [7, 11) is 0. The molecule has 0 aliphatic heterocycles. The molecule has 0 unspecified atom stereocenters. The van der Waals surface area contributed by atoms with E-state index in [0.29, 0.717) is 22.4 Å². The summed E-state index contributed by atoms with van der Waals surface area (Å²) in [6.45, 7) is 0.360. The van der Waals surface area contributed by atoms with Crippen LogP contribution in [0.5, 0.6) is 0 Å². The van der Waals surface area contributed by atoms with E-state index in [1.165, 1.54) is 4.80 Å². The number of halogens is 2. The average molecular weight is 358 g/mol. The molecule has 1 aromatic carbocycles. The SMILES string of the molecule is Clc1snnc1Cn1nnc(-c2ccc(Br)cc2)n1. The van der Waals surface area contributed by atoms with Gasteiger partial charge in [-0.15, -0.1) is 15.3 Å². The third-order valence-corrected chi connectivity index (χ3v) is 3.87. The fourth-order valence-corrected chi connectivity index (χ4v) is 2.33. The molecule has 96 valence electrons. The van der Waals surface area contributed by atoms with Crippen LogP contribution in [0.25, 0.3) is 11.4 Å². The number of rotatable bonds is 3. The van der Waals surface area contributed by atoms with E-state index in [1.54, 1.807) is 0 Å². The monoisotopic (exact) mass is 356 g/mol. The van der Waals surface area contributed by atoms with E-state index < -0.39 is 0 Å². The molecular weight excluding hydrogens is 352 g/mol. The smallest absolute Gasteiger partial charge is 0.158 e. The molecule has 6 nitrogen and oxygen atoms in total. The molecule has 3 rings (SSSR count). The first-order chi connectivity index (χ1) is 9.22. The molecule has 0 spiro atoms. The molecule has 0 atom stereocenters. The molecule has 2 heterocycles. The van der Waals surface area contributed by atoms with Crippen molar-refractivity contribution >= 4 is 39.1 Å². The summed E-state index contributed by atoms with van der Waals surface area (Å²) in [5, 5.41) is 16.2. The summed E-state index contributed by atoms with van der Waals surface area (Å²) in [5.74, 6) is 0.562. The van der Waals surface area contributed by atoms with Gasteiger partial charge < -0.3 is 0 Å². The largest absolute Gasteiger partial charge is 0.204 e. The number of tetrazole rings is 1. The van der Waals surface area contributed by atoms with Gasteiger partial charge in [-0.25, -0.2) is 0 Å². The first-order valence-corrected chi connectivity index (χ1v) is 7.17. The van der Waals surface area contributed by atoms with E-state index in [-0.39, 0.29) is 0 Å². The van der Waals surface area contributed by atoms with Crippen LogP contribution in [0.15, 0.2) is 28.7 Å². The zero-order valence-corrected chi connectivity index (χ0v) is 12.5. The van der Waals surface area contributed by atoms with E-state index >= 15 is 0 Å². The van der Waals surface area contributed by atoms with Crippen LogP contribution in [0, 0.1) is 0 Å². The Morgan fingerprint density at radius 1 is 1.21 bits per heavy atom. The summed E-state index contributed by atoms with van der Waals surface area (Å²) in [6, 6.07) is 7.69. The van der Waals surface area contributed by atoms with Gasteiger partial charge in [-0.2, -0.15) is 4.80 Å². The van der Waals surface area contributed by atoms with Crippen LogP contribution >= 0.6 is 39.1 Å². The summed E-state index contributed by atoms with van der Waals surface area (Å²) in [5.41, 5.74) is 1.54. The van der Waals surface area contributed by atoms with Gasteiger partial charge in [-0.05, 0) is 29.5 Å². The number of benzene rings is 1. The highest BCUT2D eigenvalue weighted by atomic mass is 79.9. The second kappa shape index (κ2) is 5.32. The van der Waals surface area contributed by atoms with Gasteiger partial charge in [0.25, 0.3) is 0 Å². The third kappa shape index (κ3) is 2.80. The Balaban J connectivity index is 1.83. The van der Waals surface area contributed by atoms with Crippen LogP contribution in [-0.4, -0.2) is 29.8 Å². The van der Waals surface area contributed by atoms with E-state index in [9.17, 15) is 0 Å². The van der Waals surface area contributed by atoms with Gasteiger partial charge in [0.1, 0.15) is 16.6 Å². The number of aromatic nitrogens is 6. The molecule has 2 aromatic heterocycles. The normalized spacial score (nSPS) is 10.8. The average Bonchev–Trinajstić information content (AvgIpc) is 3.01. The number of hydrogen-bond acceptors (Lipinski definition) is 6. The maximum atomic E-state index is 5.93. The molecule has 9 heteroatoms. The molecule has 0 amide bonds. The zero-order valence-electron chi connectivity index (χ0n) is 9.36. The predicted molar refractivity (Wildman–Crippen MR) is 75.0 cm³/mol. The molecule has 0 bridgehead atoms. The van der Waals surface area contributed by atoms with Crippen molar-refractivity contribution in [1.82, 2.24) is 29.8 Å². The maximum absolute atomic E-state index is 5.93. The third-order valence-electron chi connectivity index (χ3n) is 2.36. The Labute approximate surface area is 125 Å². The van der Waals surface area contributed by atoms with E-state index in [2.05, 4.69) is 40.9 Å². The lowest BCUT2D eigenvalue weighted by atomic mass is 10.2. The van der Waals surface area contributed by atoms with Crippen LogP contribution in [-0.2, 0) is 6.54 Å². The van der Waals surface area contributed by atoms with Crippen molar-refractivity contribution in [3.63, 3.8) is 0 Å². The van der Waals surface area contributed by atoms with Gasteiger partial charge in [0.15, 0.2) is 0 Å². The lowest BCUT2D eigenvalue weighted by molar-refractivity contribution is 0.564. The minimum atomic E-state index is 0.360. The lowest BCUT2D eigenvalue weighted by Crippen LogP contribution is -2.04. The second-order valence-electron chi connectivity index (χ2n) is 3.64. The molecule has 0 radical (unpaired) electrons. The van der Waals surface area contributed by atoms with Crippen LogP contribution < -0.4 is 0 Å². The Morgan fingerprint density at radius 2 is 2.00 bits per heavy atom. The fraction of sp³-hybridized carbons (Fsp3) is 0.100. The summed E-state index contributed by atoms with van der Waals surface area (Å²) < 4.78 is 5.31. The van der Waals surface area contributed by atoms with Gasteiger partial charge in [0.05, 0.1) is 0 Å². The highest BCUT2D eigenvalue weighted by Gasteiger charge is 2.10. The molecule has 19 heavy (non-hydrogen) atoms. The van der Waals surface area contributed by atoms with Gasteiger partial charge in [0.2, 0.25) is 5.82 Å². The molecule has 0 aliphatic rings. The molecular formula is C10H6BrClN6S. The van der Waals surface area contributed by atoms with Crippen LogP contribution in [0.4, 0.5) is 0 Å². The van der Waals surface area contributed by atoms with Gasteiger partial charge in [-0.1, -0.05) is 32.0 Å². The molecule has 0 fully saturated rings. The minimum Gasteiger partial charge on any atom is -0.158 e. The zero-order chi connectivity index (χ0) is 13.2. The van der Waals surface area contributed by atoms with Crippen LogP contribution in [0.3, 0.4) is 0 Å². The summed E-state index contributed by atoms with van der Waals surface area (Å²) >= 11 is 10.4. The van der Waals surface area contributed by atoms with Crippen molar-refractivity contribution in [2.75, 3.05) is 0 Å². The Morgan fingerprint density at radius 3 is 2.68 bits per heavy atom. The Kier molecular flexibility index (Phi) is 3.54. The van der Waals surface area contributed by atoms with Gasteiger partial charge in [-0.3, -0.25) is 0 Å². The molecule has 0 saturated carbocycles. The van der Waals surface area contributed by atoms with Gasteiger partial charge >= 0.3 is 0 Å². The highest BCUT2D eigenvalue weighted by molar-refractivity contribution is 9.10. The molecule has 0 saturated heterocycles. The number of nitrogens with zero attached hydrogens (tertiary/aromatic N) is 6. The summed E-state index contributed by atoms with van der Waals surface area (Å²) in [6.07, 6.45) is 0. The fourth-order valence-electron chi connectivity index (χ4n) is 1.45. The quantitative estimate of drug-likeness (QED) is 0.721. The van der Waals surface area contributed by atoms with Crippen molar-refractivity contribution in [3.05, 3.63) is 38.8 Å². The van der Waals surface area contributed by atoms with Crippen LogP contribution in [0.1, 0.15) is 5.69 Å². The number of hydrogen-bond donors (Lipinski definition) is 0. The van der Waals surface area contributed by atoms with Crippen molar-refractivity contribution in [2.45, 2.75) is 6.54 Å². The van der Waals surface area contributed by atoms with Crippen molar-refractivity contribution in [1.29, 1.82) is 0 Å². The molecule has 0 aliphatic carbocycles. The van der Waals surface area contributed by atoms with Gasteiger partial charge in [0, 0.05) is 21.6 Å². The van der Waals surface area contributed by atoms with E-state index in [1.807, 2.05) is 24.3 Å². The lowest BCUT2D eigenvalue weighted by Gasteiger charge is -1.95. The predicted octanol–water partition coefficient (Wildman–Crippen LogP) is 2.66. The van der Waals surface area contributed by atoms with Crippen molar-refractivity contribution in [2.24, 2.45) is 0 Å².